The Morgan fingerprint density at radius 3 is 2.61 bits per heavy atom. The van der Waals surface area contributed by atoms with Gasteiger partial charge in [-0.05, 0) is 38.0 Å². The first-order valence-corrected chi connectivity index (χ1v) is 10.9. The maximum Gasteiger partial charge on any atom is 0.275 e. The first kappa shape index (κ1) is 20.6. The van der Waals surface area contributed by atoms with Crippen LogP contribution in [0.25, 0.3) is 0 Å². The van der Waals surface area contributed by atoms with Crippen molar-refractivity contribution < 1.29 is 17.9 Å². The molecule has 2 aromatic rings. The van der Waals surface area contributed by atoms with E-state index in [1.54, 1.807) is 31.2 Å². The summed E-state index contributed by atoms with van der Waals surface area (Å²) in [6, 6.07) is 9.42. The molecule has 0 spiro atoms. The summed E-state index contributed by atoms with van der Waals surface area (Å²) in [5.41, 5.74) is 0.163. The minimum Gasteiger partial charge on any atom is -0.478 e. The highest BCUT2D eigenvalue weighted by atomic mass is 35.5. The summed E-state index contributed by atoms with van der Waals surface area (Å²) in [7, 11) is -3.71. The van der Waals surface area contributed by atoms with Crippen LogP contribution in [0.1, 0.15) is 36.7 Å². The van der Waals surface area contributed by atoms with Crippen LogP contribution in [0.3, 0.4) is 0 Å². The van der Waals surface area contributed by atoms with Crippen molar-refractivity contribution in [3.63, 3.8) is 0 Å². The van der Waals surface area contributed by atoms with Crippen molar-refractivity contribution in [2.45, 2.75) is 31.1 Å². The molecule has 0 aliphatic carbocycles. The van der Waals surface area contributed by atoms with Gasteiger partial charge in [-0.1, -0.05) is 30.2 Å². The fourth-order valence-electron chi connectivity index (χ4n) is 3.03. The topological polar surface area (TPSA) is 88.6 Å². The lowest BCUT2D eigenvalue weighted by atomic mass is 10.2. The van der Waals surface area contributed by atoms with Crippen molar-refractivity contribution in [2.24, 2.45) is 0 Å². The standard InChI is InChI=1S/C19H22ClN3O4S/c1-2-27-17-11-10-14(20)18(22-17)19(24)21-15-8-4-5-9-16(15)28(25,26)23-12-6-3-7-13-23/h4-5,8-11H,2-3,6-7,12-13H2,1H3,(H,21,24). The Hall–Kier alpha value is -2.16. The van der Waals surface area contributed by atoms with Gasteiger partial charge in [-0.15, -0.1) is 0 Å². The third-order valence-electron chi connectivity index (χ3n) is 4.40. The second kappa shape index (κ2) is 8.89. The van der Waals surface area contributed by atoms with E-state index in [1.807, 2.05) is 0 Å². The summed E-state index contributed by atoms with van der Waals surface area (Å²) in [6.45, 7) is 3.16. The number of para-hydroxylation sites is 1. The van der Waals surface area contributed by atoms with Crippen molar-refractivity contribution in [3.05, 3.63) is 47.1 Å². The molecule has 0 radical (unpaired) electrons. The minimum atomic E-state index is -3.71. The van der Waals surface area contributed by atoms with Crippen molar-refractivity contribution in [3.8, 4) is 5.88 Å². The number of sulfonamides is 1. The van der Waals surface area contributed by atoms with Gasteiger partial charge < -0.3 is 10.1 Å². The van der Waals surface area contributed by atoms with Gasteiger partial charge in [-0.3, -0.25) is 4.79 Å². The zero-order chi connectivity index (χ0) is 20.1. The molecule has 3 rings (SSSR count). The number of hydrogen-bond donors (Lipinski definition) is 1. The Bertz CT molecular complexity index is 959. The molecule has 28 heavy (non-hydrogen) atoms. The van der Waals surface area contributed by atoms with E-state index in [2.05, 4.69) is 10.3 Å². The molecule has 150 valence electrons. The molecule has 1 fully saturated rings. The minimum absolute atomic E-state index is 0.0298. The maximum absolute atomic E-state index is 13.0. The first-order chi connectivity index (χ1) is 13.4. The fourth-order valence-corrected chi connectivity index (χ4v) is 4.89. The van der Waals surface area contributed by atoms with Crippen molar-refractivity contribution in [1.29, 1.82) is 0 Å². The Morgan fingerprint density at radius 1 is 1.18 bits per heavy atom. The predicted molar refractivity (Wildman–Crippen MR) is 107 cm³/mol. The van der Waals surface area contributed by atoms with Crippen LogP contribution >= 0.6 is 11.6 Å². The van der Waals surface area contributed by atoms with Crippen LogP contribution in [0.4, 0.5) is 5.69 Å². The van der Waals surface area contributed by atoms with Gasteiger partial charge in [0.25, 0.3) is 5.91 Å². The molecule has 0 unspecified atom stereocenters. The van der Waals surface area contributed by atoms with Gasteiger partial charge in [-0.25, -0.2) is 13.4 Å². The number of benzene rings is 1. The molecular formula is C19H22ClN3O4S. The van der Waals surface area contributed by atoms with Gasteiger partial charge in [0, 0.05) is 19.2 Å². The lowest BCUT2D eigenvalue weighted by Gasteiger charge is -2.26. The molecule has 9 heteroatoms. The number of aromatic nitrogens is 1. The highest BCUT2D eigenvalue weighted by molar-refractivity contribution is 7.89. The maximum atomic E-state index is 13.0. The van der Waals surface area contributed by atoms with E-state index in [0.29, 0.717) is 19.7 Å². The van der Waals surface area contributed by atoms with Gasteiger partial charge in [0.05, 0.1) is 17.3 Å². The number of pyridine rings is 1. The van der Waals surface area contributed by atoms with Crippen molar-refractivity contribution in [1.82, 2.24) is 9.29 Å². The molecule has 1 N–H and O–H groups in total. The smallest absolute Gasteiger partial charge is 0.275 e. The molecule has 1 aliphatic heterocycles. The summed E-state index contributed by atoms with van der Waals surface area (Å²) in [6.07, 6.45) is 2.68. The molecule has 0 atom stereocenters. The SMILES string of the molecule is CCOc1ccc(Cl)c(C(=O)Nc2ccccc2S(=O)(=O)N2CCCCC2)n1. The van der Waals surface area contributed by atoms with Crippen LogP contribution in [0.2, 0.25) is 5.02 Å². The molecule has 1 aromatic carbocycles. The molecule has 1 aromatic heterocycles. The third kappa shape index (κ3) is 4.45. The molecule has 1 saturated heterocycles. The molecule has 7 nitrogen and oxygen atoms in total. The molecule has 1 aliphatic rings. The Morgan fingerprint density at radius 2 is 1.89 bits per heavy atom. The van der Waals surface area contributed by atoms with Gasteiger partial charge in [-0.2, -0.15) is 4.31 Å². The Balaban J connectivity index is 1.90. The normalized spacial score (nSPS) is 15.2. The lowest BCUT2D eigenvalue weighted by Crippen LogP contribution is -2.36. The number of piperidine rings is 1. The van der Waals surface area contributed by atoms with Crippen LogP contribution < -0.4 is 10.1 Å². The second-order valence-corrected chi connectivity index (χ2v) is 8.64. The van der Waals surface area contributed by atoms with Crippen LogP contribution in [-0.2, 0) is 10.0 Å². The van der Waals surface area contributed by atoms with Crippen molar-refractivity contribution in [2.75, 3.05) is 25.0 Å². The molecule has 0 saturated carbocycles. The number of carbonyl (C=O) groups is 1. The molecular weight excluding hydrogens is 402 g/mol. The van der Waals surface area contributed by atoms with Crippen molar-refractivity contribution >= 4 is 33.2 Å². The number of hydrogen-bond acceptors (Lipinski definition) is 5. The monoisotopic (exact) mass is 423 g/mol. The number of carbonyl (C=O) groups excluding carboxylic acids is 1. The number of nitrogens with zero attached hydrogens (tertiary/aromatic N) is 2. The number of halogens is 1. The van der Waals surface area contributed by atoms with Gasteiger partial charge in [0.1, 0.15) is 4.90 Å². The second-order valence-electron chi connectivity index (χ2n) is 6.33. The largest absolute Gasteiger partial charge is 0.478 e. The molecule has 0 bridgehead atoms. The zero-order valence-electron chi connectivity index (χ0n) is 15.5. The summed E-state index contributed by atoms with van der Waals surface area (Å²) < 4.78 is 32.9. The van der Waals surface area contributed by atoms with E-state index >= 15 is 0 Å². The summed E-state index contributed by atoms with van der Waals surface area (Å²) >= 11 is 6.10. The fraction of sp³-hybridized carbons (Fsp3) is 0.368. The van der Waals surface area contributed by atoms with Crippen LogP contribution in [0.5, 0.6) is 5.88 Å². The number of anilines is 1. The summed E-state index contributed by atoms with van der Waals surface area (Å²) in [5, 5.41) is 2.79. The molecule has 1 amide bonds. The predicted octanol–water partition coefficient (Wildman–Crippen LogP) is 3.56. The van der Waals surface area contributed by atoms with Crippen LogP contribution in [0, 0.1) is 0 Å². The lowest BCUT2D eigenvalue weighted by molar-refractivity contribution is 0.102. The average Bonchev–Trinajstić information content (AvgIpc) is 2.70. The van der Waals surface area contributed by atoms with E-state index < -0.39 is 15.9 Å². The number of ether oxygens (including phenoxy) is 1. The number of nitrogens with one attached hydrogen (secondary N) is 1. The van der Waals surface area contributed by atoms with E-state index in [4.69, 9.17) is 16.3 Å². The van der Waals surface area contributed by atoms with Gasteiger partial charge in [0.2, 0.25) is 15.9 Å². The third-order valence-corrected chi connectivity index (χ3v) is 6.66. The van der Waals surface area contributed by atoms with Crippen LogP contribution in [0.15, 0.2) is 41.3 Å². The highest BCUT2D eigenvalue weighted by Crippen LogP contribution is 2.28. The van der Waals surface area contributed by atoms with E-state index in [1.165, 1.54) is 16.4 Å². The molecule has 2 heterocycles. The van der Waals surface area contributed by atoms with E-state index in [9.17, 15) is 13.2 Å². The van der Waals surface area contributed by atoms with Gasteiger partial charge >= 0.3 is 0 Å². The quantitative estimate of drug-likeness (QED) is 0.767. The highest BCUT2D eigenvalue weighted by Gasteiger charge is 2.29. The van der Waals surface area contributed by atoms with Gasteiger partial charge in [0.15, 0.2) is 5.69 Å². The van der Waals surface area contributed by atoms with E-state index in [0.717, 1.165) is 19.3 Å². The Labute approximate surface area is 169 Å². The first-order valence-electron chi connectivity index (χ1n) is 9.13. The van der Waals surface area contributed by atoms with E-state index in [-0.39, 0.29) is 27.2 Å². The summed E-state index contributed by atoms with van der Waals surface area (Å²) in [5.74, 6) is -0.334. The number of amides is 1. The number of rotatable bonds is 6. The average molecular weight is 424 g/mol. The summed E-state index contributed by atoms with van der Waals surface area (Å²) in [4.78, 5) is 16.9. The van der Waals surface area contributed by atoms with Crippen LogP contribution in [-0.4, -0.2) is 43.3 Å². The zero-order valence-corrected chi connectivity index (χ0v) is 17.1. The Kier molecular flexibility index (Phi) is 6.53.